The topological polar surface area (TPSA) is 0 Å². The van der Waals surface area contributed by atoms with Crippen molar-refractivity contribution in [1.29, 1.82) is 0 Å². The van der Waals surface area contributed by atoms with Crippen LogP contribution in [0.5, 0.6) is 0 Å². The Morgan fingerprint density at radius 1 is 1.86 bits per heavy atom. The van der Waals surface area contributed by atoms with Gasteiger partial charge >= 0.3 is 0 Å². The first-order valence-corrected chi connectivity index (χ1v) is 2.86. The van der Waals surface area contributed by atoms with Gasteiger partial charge in [-0.1, -0.05) is 11.6 Å². The second-order valence-electron chi connectivity index (χ2n) is 0.982. The van der Waals surface area contributed by atoms with E-state index < -0.39 is 0 Å². The molecule has 7 heavy (non-hydrogen) atoms. The fourth-order valence-electron chi connectivity index (χ4n) is 0.256. The van der Waals surface area contributed by atoms with E-state index in [2.05, 4.69) is 6.07 Å². The molecule has 0 aliphatic heterocycles. The minimum absolute atomic E-state index is 0.350. The molecule has 3 heteroatoms. The number of thiophene rings is 1. The van der Waals surface area contributed by atoms with Gasteiger partial charge in [0.2, 0.25) is 0 Å². The minimum atomic E-state index is -0.356. The van der Waals surface area contributed by atoms with Crippen LogP contribution in [0.15, 0.2) is 5.38 Å². The molecule has 0 saturated heterocycles. The molecule has 1 radical (unpaired) electrons. The van der Waals surface area contributed by atoms with Crippen LogP contribution in [0, 0.1) is 11.2 Å². The molecule has 0 saturated carbocycles. The molecule has 0 aliphatic rings. The highest BCUT2D eigenvalue weighted by molar-refractivity contribution is 7.08. The first-order chi connectivity index (χ1) is 3.29. The SMILES string of the molecule is Fc1[c]c(Cl)cs1. The van der Waals surface area contributed by atoms with E-state index >= 15 is 0 Å². The van der Waals surface area contributed by atoms with Crippen LogP contribution in [0.2, 0.25) is 5.02 Å². The third-order valence-electron chi connectivity index (χ3n) is 0.484. The highest BCUT2D eigenvalue weighted by Crippen LogP contribution is 2.15. The summed E-state index contributed by atoms with van der Waals surface area (Å²) in [7, 11) is 0. The van der Waals surface area contributed by atoms with Gasteiger partial charge in [-0.05, 0) is 0 Å². The first-order valence-electron chi connectivity index (χ1n) is 1.61. The second kappa shape index (κ2) is 1.80. The summed E-state index contributed by atoms with van der Waals surface area (Å²) < 4.78 is 11.8. The van der Waals surface area contributed by atoms with Crippen LogP contribution in [0.25, 0.3) is 0 Å². The highest BCUT2D eigenvalue weighted by atomic mass is 35.5. The van der Waals surface area contributed by atoms with Gasteiger partial charge in [0.25, 0.3) is 0 Å². The van der Waals surface area contributed by atoms with Gasteiger partial charge in [-0.25, -0.2) is 0 Å². The van der Waals surface area contributed by atoms with Crippen molar-refractivity contribution in [2.24, 2.45) is 0 Å². The standard InChI is InChI=1S/C4HClFS/c5-3-1-4(6)7-2-3/h2H. The summed E-state index contributed by atoms with van der Waals surface area (Å²) in [5.41, 5.74) is 0. The summed E-state index contributed by atoms with van der Waals surface area (Å²) in [5.74, 6) is 0. The molecule has 0 aromatic carbocycles. The van der Waals surface area contributed by atoms with E-state index in [4.69, 9.17) is 11.6 Å². The van der Waals surface area contributed by atoms with Gasteiger partial charge in [0.05, 0.1) is 11.1 Å². The summed E-state index contributed by atoms with van der Waals surface area (Å²) >= 11 is 6.23. The predicted molar refractivity (Wildman–Crippen MR) is 28.1 cm³/mol. The smallest absolute Gasteiger partial charge is 0.185 e. The molecule has 1 rings (SSSR count). The van der Waals surface area contributed by atoms with E-state index in [1.54, 1.807) is 0 Å². The van der Waals surface area contributed by atoms with Gasteiger partial charge in [-0.15, -0.1) is 11.3 Å². The molecule has 0 aliphatic carbocycles. The molecule has 0 atom stereocenters. The van der Waals surface area contributed by atoms with Crippen LogP contribution < -0.4 is 0 Å². The second-order valence-corrected chi connectivity index (χ2v) is 2.22. The molecule has 0 fully saturated rings. The van der Waals surface area contributed by atoms with E-state index in [0.29, 0.717) is 5.02 Å². The van der Waals surface area contributed by atoms with Crippen molar-refractivity contribution in [3.05, 3.63) is 21.6 Å². The summed E-state index contributed by atoms with van der Waals surface area (Å²) in [6.45, 7) is 0. The average molecular weight is 136 g/mol. The minimum Gasteiger partial charge on any atom is -0.194 e. The van der Waals surface area contributed by atoms with E-state index in [9.17, 15) is 4.39 Å². The van der Waals surface area contributed by atoms with Crippen molar-refractivity contribution in [2.45, 2.75) is 0 Å². The number of halogens is 2. The predicted octanol–water partition coefficient (Wildman–Crippen LogP) is 2.34. The van der Waals surface area contributed by atoms with Gasteiger partial charge in [-0.2, -0.15) is 4.39 Å². The van der Waals surface area contributed by atoms with Crippen LogP contribution in [0.1, 0.15) is 0 Å². The van der Waals surface area contributed by atoms with Crippen molar-refractivity contribution in [2.75, 3.05) is 0 Å². The lowest BCUT2D eigenvalue weighted by molar-refractivity contribution is 0.655. The van der Waals surface area contributed by atoms with Crippen molar-refractivity contribution < 1.29 is 4.39 Å². The van der Waals surface area contributed by atoms with Gasteiger partial charge in [0.1, 0.15) is 0 Å². The molecule has 0 unspecified atom stereocenters. The zero-order valence-electron chi connectivity index (χ0n) is 3.24. The lowest BCUT2D eigenvalue weighted by Gasteiger charge is -1.62. The average Bonchev–Trinajstić information content (AvgIpc) is 1.87. The summed E-state index contributed by atoms with van der Waals surface area (Å²) in [4.78, 5) is 0. The largest absolute Gasteiger partial charge is 0.194 e. The lowest BCUT2D eigenvalue weighted by atomic mass is 10.7. The van der Waals surface area contributed by atoms with Crippen LogP contribution >= 0.6 is 22.9 Å². The Morgan fingerprint density at radius 2 is 2.57 bits per heavy atom. The zero-order chi connectivity index (χ0) is 5.28. The number of rotatable bonds is 0. The van der Waals surface area contributed by atoms with E-state index in [0.717, 1.165) is 11.3 Å². The van der Waals surface area contributed by atoms with Gasteiger partial charge in [-0.3, -0.25) is 0 Å². The van der Waals surface area contributed by atoms with Crippen molar-refractivity contribution >= 4 is 22.9 Å². The van der Waals surface area contributed by atoms with Gasteiger partial charge in [0.15, 0.2) is 5.13 Å². The Morgan fingerprint density at radius 3 is 2.71 bits per heavy atom. The van der Waals surface area contributed by atoms with E-state index in [1.807, 2.05) is 0 Å². The molecule has 0 bridgehead atoms. The fraction of sp³-hybridized carbons (Fsp3) is 0. The summed E-state index contributed by atoms with van der Waals surface area (Å²) in [6.07, 6.45) is 0. The summed E-state index contributed by atoms with van der Waals surface area (Å²) in [5, 5.41) is 1.49. The molecule has 1 aromatic rings. The first kappa shape index (κ1) is 5.06. The molecule has 1 heterocycles. The van der Waals surface area contributed by atoms with Crippen LogP contribution in [-0.2, 0) is 0 Å². The molecule has 1 aromatic heterocycles. The zero-order valence-corrected chi connectivity index (χ0v) is 4.81. The maximum atomic E-state index is 11.8. The molecular weight excluding hydrogens is 135 g/mol. The van der Waals surface area contributed by atoms with Crippen molar-refractivity contribution in [1.82, 2.24) is 0 Å². The lowest BCUT2D eigenvalue weighted by Crippen LogP contribution is -1.49. The fourth-order valence-corrected chi connectivity index (χ4v) is 0.964. The Labute approximate surface area is 49.5 Å². The van der Waals surface area contributed by atoms with E-state index in [1.165, 1.54) is 5.38 Å². The highest BCUT2D eigenvalue weighted by Gasteiger charge is 1.92. The maximum Gasteiger partial charge on any atom is 0.185 e. The molecular formula is C4HClFS. The number of hydrogen-bond donors (Lipinski definition) is 0. The Bertz CT molecular complexity index is 144. The third kappa shape index (κ3) is 1.14. The van der Waals surface area contributed by atoms with Gasteiger partial charge < -0.3 is 0 Å². The van der Waals surface area contributed by atoms with Gasteiger partial charge in [0, 0.05) is 5.38 Å². The molecule has 0 nitrogen and oxygen atoms in total. The normalized spacial score (nSPS) is 9.43. The van der Waals surface area contributed by atoms with Crippen molar-refractivity contribution in [3.63, 3.8) is 0 Å². The monoisotopic (exact) mass is 135 g/mol. The summed E-state index contributed by atoms with van der Waals surface area (Å²) in [6, 6.07) is 2.26. The third-order valence-corrected chi connectivity index (χ3v) is 1.48. The van der Waals surface area contributed by atoms with Crippen LogP contribution in [-0.4, -0.2) is 0 Å². The Hall–Kier alpha value is -0.0800. The van der Waals surface area contributed by atoms with Crippen molar-refractivity contribution in [3.8, 4) is 0 Å². The molecule has 0 N–H and O–H groups in total. The Kier molecular flexibility index (Phi) is 1.30. The molecule has 37 valence electrons. The van der Waals surface area contributed by atoms with Crippen LogP contribution in [0.4, 0.5) is 4.39 Å². The number of hydrogen-bond acceptors (Lipinski definition) is 1. The van der Waals surface area contributed by atoms with Crippen LogP contribution in [0.3, 0.4) is 0 Å². The van der Waals surface area contributed by atoms with E-state index in [-0.39, 0.29) is 5.13 Å². The maximum absolute atomic E-state index is 11.8. The molecule has 0 spiro atoms. The Balaban J connectivity index is 3.04. The quantitative estimate of drug-likeness (QED) is 0.512. The molecule has 0 amide bonds.